The van der Waals surface area contributed by atoms with Crippen LogP contribution in [0.2, 0.25) is 0 Å². The van der Waals surface area contributed by atoms with Crippen molar-refractivity contribution in [3.05, 3.63) is 27.6 Å². The van der Waals surface area contributed by atoms with Crippen molar-refractivity contribution >= 4 is 34.5 Å². The number of ether oxygens (including phenoxy) is 1. The summed E-state index contributed by atoms with van der Waals surface area (Å²) in [6.07, 6.45) is 3.62. The first-order chi connectivity index (χ1) is 8.10. The molecule has 1 amide bonds. The molecule has 1 rings (SSSR count). The van der Waals surface area contributed by atoms with Gasteiger partial charge in [-0.15, -0.1) is 0 Å². The Bertz CT molecular complexity index is 423. The number of nitrogens with zero attached hydrogens (tertiary/aromatic N) is 1. The number of pyridine rings is 1. The fourth-order valence-corrected chi connectivity index (χ4v) is 1.85. The van der Waals surface area contributed by atoms with Crippen LogP contribution >= 0.6 is 22.6 Å². The predicted octanol–water partition coefficient (Wildman–Crippen LogP) is 1.37. The summed E-state index contributed by atoms with van der Waals surface area (Å²) in [5.41, 5.74) is 0.503. The number of carbonyl (C=O) groups is 2. The molecule has 0 aromatic carbocycles. The van der Waals surface area contributed by atoms with E-state index in [1.807, 2.05) is 22.6 Å². The van der Waals surface area contributed by atoms with Gasteiger partial charge in [-0.2, -0.15) is 0 Å². The average molecular weight is 348 g/mol. The van der Waals surface area contributed by atoms with Gasteiger partial charge in [0.25, 0.3) is 5.91 Å². The maximum Gasteiger partial charge on any atom is 0.328 e. The molecule has 92 valence electrons. The van der Waals surface area contributed by atoms with Crippen LogP contribution in [0.15, 0.2) is 18.5 Å². The molecule has 0 spiro atoms. The molecule has 6 heteroatoms. The van der Waals surface area contributed by atoms with Crippen molar-refractivity contribution in [1.82, 2.24) is 10.3 Å². The van der Waals surface area contributed by atoms with Crippen LogP contribution in [0.5, 0.6) is 0 Å². The van der Waals surface area contributed by atoms with E-state index in [4.69, 9.17) is 0 Å². The number of esters is 1. The van der Waals surface area contributed by atoms with Gasteiger partial charge in [0, 0.05) is 16.0 Å². The second kappa shape index (κ2) is 6.53. The van der Waals surface area contributed by atoms with Crippen LogP contribution in [0.3, 0.4) is 0 Å². The highest BCUT2D eigenvalue weighted by Gasteiger charge is 2.20. The van der Waals surface area contributed by atoms with Crippen LogP contribution in [0.25, 0.3) is 0 Å². The van der Waals surface area contributed by atoms with Crippen molar-refractivity contribution in [2.75, 3.05) is 7.11 Å². The molecule has 0 saturated heterocycles. The fourth-order valence-electron chi connectivity index (χ4n) is 1.27. The predicted molar refractivity (Wildman–Crippen MR) is 70.5 cm³/mol. The third-order valence-electron chi connectivity index (χ3n) is 2.22. The molecule has 0 radical (unpaired) electrons. The molecule has 1 aromatic heterocycles. The second-order valence-electron chi connectivity index (χ2n) is 3.31. The second-order valence-corrected chi connectivity index (χ2v) is 4.48. The maximum atomic E-state index is 11.9. The first-order valence-electron chi connectivity index (χ1n) is 5.08. The zero-order valence-corrected chi connectivity index (χ0v) is 11.7. The minimum Gasteiger partial charge on any atom is -0.467 e. The number of carbonyl (C=O) groups excluding carboxylic acids is 2. The van der Waals surface area contributed by atoms with Gasteiger partial charge in [0.2, 0.25) is 0 Å². The number of halogens is 1. The highest BCUT2D eigenvalue weighted by Crippen LogP contribution is 2.10. The van der Waals surface area contributed by atoms with Crippen molar-refractivity contribution in [2.45, 2.75) is 19.4 Å². The lowest BCUT2D eigenvalue weighted by atomic mass is 10.2. The van der Waals surface area contributed by atoms with Crippen molar-refractivity contribution in [1.29, 1.82) is 0 Å². The van der Waals surface area contributed by atoms with Gasteiger partial charge >= 0.3 is 5.97 Å². The van der Waals surface area contributed by atoms with Crippen LogP contribution in [-0.2, 0) is 9.53 Å². The highest BCUT2D eigenvalue weighted by atomic mass is 127. The summed E-state index contributed by atoms with van der Waals surface area (Å²) >= 11 is 2.02. The number of rotatable bonds is 4. The van der Waals surface area contributed by atoms with Gasteiger partial charge in [0.1, 0.15) is 6.04 Å². The maximum absolute atomic E-state index is 11.9. The van der Waals surface area contributed by atoms with Gasteiger partial charge in [0.05, 0.1) is 12.7 Å². The minimum absolute atomic E-state index is 0.297. The fraction of sp³-hybridized carbons (Fsp3) is 0.364. The Morgan fingerprint density at radius 1 is 1.59 bits per heavy atom. The molecule has 5 nitrogen and oxygen atoms in total. The Morgan fingerprint density at radius 2 is 2.29 bits per heavy atom. The van der Waals surface area contributed by atoms with Crippen molar-refractivity contribution in [3.8, 4) is 0 Å². The molecular formula is C11H13IN2O3. The molecule has 1 aromatic rings. The molecule has 0 bridgehead atoms. The molecule has 0 aliphatic heterocycles. The zero-order chi connectivity index (χ0) is 12.8. The van der Waals surface area contributed by atoms with E-state index in [2.05, 4.69) is 15.0 Å². The molecule has 1 N–H and O–H groups in total. The Morgan fingerprint density at radius 3 is 2.82 bits per heavy atom. The first kappa shape index (κ1) is 13.9. The number of methoxy groups -OCH3 is 1. The Hall–Kier alpha value is -1.18. The summed E-state index contributed by atoms with van der Waals surface area (Å²) < 4.78 is 5.34. The summed E-state index contributed by atoms with van der Waals surface area (Å²) in [4.78, 5) is 27.1. The minimum atomic E-state index is -0.614. The summed E-state index contributed by atoms with van der Waals surface area (Å²) in [7, 11) is 1.30. The van der Waals surface area contributed by atoms with Gasteiger partial charge in [-0.05, 0) is 35.1 Å². The van der Waals surface area contributed by atoms with Crippen LogP contribution in [0.1, 0.15) is 23.7 Å². The van der Waals surface area contributed by atoms with Gasteiger partial charge in [-0.25, -0.2) is 4.79 Å². The van der Waals surface area contributed by atoms with Crippen molar-refractivity contribution < 1.29 is 14.3 Å². The molecule has 1 heterocycles. The van der Waals surface area contributed by atoms with E-state index < -0.39 is 12.0 Å². The first-order valence-corrected chi connectivity index (χ1v) is 6.16. The van der Waals surface area contributed by atoms with Gasteiger partial charge in [0.15, 0.2) is 0 Å². The molecule has 0 aliphatic rings. The van der Waals surface area contributed by atoms with Crippen LogP contribution in [-0.4, -0.2) is 30.0 Å². The molecular weight excluding hydrogens is 335 g/mol. The summed E-state index contributed by atoms with van der Waals surface area (Å²) in [5, 5.41) is 2.63. The number of aromatic nitrogens is 1. The summed E-state index contributed by atoms with van der Waals surface area (Å²) in [5.74, 6) is -0.737. The van der Waals surface area contributed by atoms with Crippen molar-refractivity contribution in [2.24, 2.45) is 0 Å². The molecule has 17 heavy (non-hydrogen) atoms. The third-order valence-corrected chi connectivity index (χ3v) is 3.08. The number of amides is 1. The zero-order valence-electron chi connectivity index (χ0n) is 9.57. The summed E-state index contributed by atoms with van der Waals surface area (Å²) in [6, 6.07) is 0.998. The van der Waals surface area contributed by atoms with Crippen molar-refractivity contribution in [3.63, 3.8) is 0 Å². The standard InChI is InChI=1S/C11H13IN2O3/c1-3-9(11(16)17-2)14-10(15)7-4-5-13-6-8(7)12/h4-6,9H,3H2,1-2H3,(H,14,15)/t9-/m0/s1. The SMILES string of the molecule is CC[C@H](NC(=O)c1ccncc1I)C(=O)OC. The quantitative estimate of drug-likeness (QED) is 0.659. The smallest absolute Gasteiger partial charge is 0.328 e. The Kier molecular flexibility index (Phi) is 5.33. The highest BCUT2D eigenvalue weighted by molar-refractivity contribution is 14.1. The van der Waals surface area contributed by atoms with E-state index in [-0.39, 0.29) is 5.91 Å². The average Bonchev–Trinajstić information content (AvgIpc) is 2.35. The lowest BCUT2D eigenvalue weighted by Gasteiger charge is -2.14. The molecule has 0 fully saturated rings. The molecule has 0 unspecified atom stereocenters. The van der Waals surface area contributed by atoms with Gasteiger partial charge in [-0.1, -0.05) is 6.92 Å². The summed E-state index contributed by atoms with van der Waals surface area (Å²) in [6.45, 7) is 1.80. The number of nitrogens with one attached hydrogen (secondary N) is 1. The Balaban J connectivity index is 2.78. The number of hydrogen-bond acceptors (Lipinski definition) is 4. The largest absolute Gasteiger partial charge is 0.467 e. The van der Waals surface area contributed by atoms with Gasteiger partial charge in [-0.3, -0.25) is 9.78 Å². The molecule has 1 atom stereocenters. The lowest BCUT2D eigenvalue weighted by molar-refractivity contribution is -0.142. The van der Waals surface area contributed by atoms with Crippen LogP contribution in [0.4, 0.5) is 0 Å². The van der Waals surface area contributed by atoms with Gasteiger partial charge < -0.3 is 10.1 Å². The monoisotopic (exact) mass is 348 g/mol. The van der Waals surface area contributed by atoms with E-state index in [1.54, 1.807) is 19.2 Å². The molecule has 0 aliphatic carbocycles. The number of hydrogen-bond donors (Lipinski definition) is 1. The topological polar surface area (TPSA) is 68.3 Å². The van der Waals surface area contributed by atoms with E-state index in [0.29, 0.717) is 12.0 Å². The molecule has 0 saturated carbocycles. The lowest BCUT2D eigenvalue weighted by Crippen LogP contribution is -2.41. The third kappa shape index (κ3) is 3.65. The van der Waals surface area contributed by atoms with E-state index in [0.717, 1.165) is 3.57 Å². The Labute approximate surface area is 113 Å². The van der Waals surface area contributed by atoms with Crippen LogP contribution < -0.4 is 5.32 Å². The normalized spacial score (nSPS) is 11.7. The van der Waals surface area contributed by atoms with E-state index in [1.165, 1.54) is 13.3 Å². The van der Waals surface area contributed by atoms with E-state index >= 15 is 0 Å². The van der Waals surface area contributed by atoms with Crippen LogP contribution in [0, 0.1) is 3.57 Å². The van der Waals surface area contributed by atoms with E-state index in [9.17, 15) is 9.59 Å².